The zero-order valence-electron chi connectivity index (χ0n) is 8.19. The molecular formula is C11H14O2S. The van der Waals surface area contributed by atoms with Crippen LogP contribution in [0.25, 0.3) is 5.57 Å². The van der Waals surface area contributed by atoms with E-state index in [1.54, 1.807) is 12.1 Å². The van der Waals surface area contributed by atoms with E-state index < -0.39 is 11.1 Å². The smallest absolute Gasteiger partial charge is 0.187 e. The van der Waals surface area contributed by atoms with Crippen LogP contribution in [0.4, 0.5) is 0 Å². The van der Waals surface area contributed by atoms with Gasteiger partial charge in [0.25, 0.3) is 0 Å². The number of hydrogen-bond donors (Lipinski definition) is 1. The molecule has 0 fully saturated rings. The van der Waals surface area contributed by atoms with Crippen LogP contribution in [0, 0.1) is 0 Å². The summed E-state index contributed by atoms with van der Waals surface area (Å²) in [7, 11) is 0. The standard InChI is InChI=1S/C11H14O2S/c1-3-6-9(2)10-7-4-5-8-11(10)14(12)13/h4-5,7-8H,2-3,6H2,1H3,(H,12,13). The Morgan fingerprint density at radius 1 is 1.50 bits per heavy atom. The van der Waals surface area contributed by atoms with Gasteiger partial charge < -0.3 is 4.55 Å². The Balaban J connectivity index is 3.07. The fraction of sp³-hybridized carbons (Fsp3) is 0.273. The van der Waals surface area contributed by atoms with Crippen molar-refractivity contribution in [1.29, 1.82) is 0 Å². The zero-order valence-corrected chi connectivity index (χ0v) is 9.01. The van der Waals surface area contributed by atoms with Gasteiger partial charge in [0.05, 0.1) is 4.90 Å². The third-order valence-corrected chi connectivity index (χ3v) is 2.74. The summed E-state index contributed by atoms with van der Waals surface area (Å²) >= 11 is -1.93. The molecule has 1 aromatic rings. The van der Waals surface area contributed by atoms with E-state index in [1.807, 2.05) is 12.1 Å². The van der Waals surface area contributed by atoms with E-state index in [2.05, 4.69) is 13.5 Å². The van der Waals surface area contributed by atoms with Gasteiger partial charge in [-0.05, 0) is 23.6 Å². The lowest BCUT2D eigenvalue weighted by molar-refractivity contribution is 0.564. The van der Waals surface area contributed by atoms with E-state index >= 15 is 0 Å². The fourth-order valence-corrected chi connectivity index (χ4v) is 1.94. The summed E-state index contributed by atoms with van der Waals surface area (Å²) < 4.78 is 20.1. The van der Waals surface area contributed by atoms with Gasteiger partial charge in [0.2, 0.25) is 0 Å². The maximum absolute atomic E-state index is 11.0. The Bertz CT molecular complexity index is 358. The van der Waals surface area contributed by atoms with E-state index in [-0.39, 0.29) is 0 Å². The van der Waals surface area contributed by atoms with Crippen molar-refractivity contribution in [3.8, 4) is 0 Å². The predicted octanol–water partition coefficient (Wildman–Crippen LogP) is 3.08. The Morgan fingerprint density at radius 2 is 2.14 bits per heavy atom. The maximum atomic E-state index is 11.0. The van der Waals surface area contributed by atoms with Crippen molar-refractivity contribution in [1.82, 2.24) is 0 Å². The molecule has 0 bridgehead atoms. The number of hydrogen-bond acceptors (Lipinski definition) is 1. The first-order valence-electron chi connectivity index (χ1n) is 4.54. The van der Waals surface area contributed by atoms with Gasteiger partial charge in [-0.3, -0.25) is 0 Å². The van der Waals surface area contributed by atoms with Gasteiger partial charge in [-0.2, -0.15) is 0 Å². The van der Waals surface area contributed by atoms with Crippen LogP contribution in [0.3, 0.4) is 0 Å². The molecule has 2 nitrogen and oxygen atoms in total. The molecule has 0 spiro atoms. The first kappa shape index (κ1) is 11.1. The Morgan fingerprint density at radius 3 is 2.71 bits per heavy atom. The molecule has 0 aliphatic heterocycles. The van der Waals surface area contributed by atoms with Gasteiger partial charge in [-0.1, -0.05) is 38.1 Å². The van der Waals surface area contributed by atoms with Crippen molar-refractivity contribution in [3.63, 3.8) is 0 Å². The molecule has 3 heteroatoms. The summed E-state index contributed by atoms with van der Waals surface area (Å²) in [6.07, 6.45) is 1.85. The van der Waals surface area contributed by atoms with Gasteiger partial charge >= 0.3 is 0 Å². The normalized spacial score (nSPS) is 12.4. The van der Waals surface area contributed by atoms with Crippen molar-refractivity contribution in [2.75, 3.05) is 0 Å². The topological polar surface area (TPSA) is 37.3 Å². The van der Waals surface area contributed by atoms with Crippen LogP contribution in [-0.2, 0) is 11.1 Å². The van der Waals surface area contributed by atoms with Crippen molar-refractivity contribution < 1.29 is 8.76 Å². The summed E-state index contributed by atoms with van der Waals surface area (Å²) in [5, 5.41) is 0. The molecule has 76 valence electrons. The molecule has 0 aliphatic rings. The Labute approximate surface area is 86.9 Å². The third-order valence-electron chi connectivity index (χ3n) is 2.01. The molecule has 0 saturated carbocycles. The number of rotatable bonds is 4. The molecule has 1 unspecified atom stereocenters. The molecule has 0 amide bonds. The summed E-state index contributed by atoms with van der Waals surface area (Å²) in [5.74, 6) is 0. The fourth-order valence-electron chi connectivity index (χ4n) is 1.35. The molecule has 0 saturated heterocycles. The number of benzene rings is 1. The zero-order chi connectivity index (χ0) is 10.6. The van der Waals surface area contributed by atoms with Crippen LogP contribution in [0.15, 0.2) is 35.7 Å². The summed E-state index contributed by atoms with van der Waals surface area (Å²) in [4.78, 5) is 0.450. The highest BCUT2D eigenvalue weighted by Gasteiger charge is 2.08. The van der Waals surface area contributed by atoms with E-state index in [1.165, 1.54) is 0 Å². The molecule has 0 aromatic heterocycles. The summed E-state index contributed by atoms with van der Waals surface area (Å²) in [5.41, 5.74) is 1.72. The van der Waals surface area contributed by atoms with E-state index in [4.69, 9.17) is 4.55 Å². The molecular weight excluding hydrogens is 196 g/mol. The maximum Gasteiger partial charge on any atom is 0.187 e. The van der Waals surface area contributed by atoms with Gasteiger partial charge in [0, 0.05) is 0 Å². The Kier molecular flexibility index (Phi) is 4.04. The van der Waals surface area contributed by atoms with E-state index in [9.17, 15) is 4.21 Å². The predicted molar refractivity (Wildman–Crippen MR) is 59.4 cm³/mol. The quantitative estimate of drug-likeness (QED) is 0.775. The molecule has 1 atom stereocenters. The second-order valence-electron chi connectivity index (χ2n) is 3.10. The second-order valence-corrected chi connectivity index (χ2v) is 4.04. The van der Waals surface area contributed by atoms with Crippen molar-refractivity contribution in [2.45, 2.75) is 24.7 Å². The highest BCUT2D eigenvalue weighted by molar-refractivity contribution is 7.79. The molecule has 1 rings (SSSR count). The first-order chi connectivity index (χ1) is 6.66. The van der Waals surface area contributed by atoms with Gasteiger partial charge in [0.1, 0.15) is 0 Å². The average Bonchev–Trinajstić information content (AvgIpc) is 2.18. The van der Waals surface area contributed by atoms with Gasteiger partial charge in [-0.15, -0.1) is 0 Å². The minimum Gasteiger partial charge on any atom is -0.302 e. The average molecular weight is 210 g/mol. The first-order valence-corrected chi connectivity index (χ1v) is 5.65. The van der Waals surface area contributed by atoms with Crippen LogP contribution < -0.4 is 0 Å². The largest absolute Gasteiger partial charge is 0.302 e. The molecule has 0 heterocycles. The lowest BCUT2D eigenvalue weighted by Crippen LogP contribution is -1.95. The lowest BCUT2D eigenvalue weighted by Gasteiger charge is -2.07. The highest BCUT2D eigenvalue weighted by Crippen LogP contribution is 2.23. The summed E-state index contributed by atoms with van der Waals surface area (Å²) in [6.45, 7) is 5.97. The monoisotopic (exact) mass is 210 g/mol. The van der Waals surface area contributed by atoms with Crippen molar-refractivity contribution >= 4 is 16.7 Å². The van der Waals surface area contributed by atoms with Crippen LogP contribution in [-0.4, -0.2) is 8.76 Å². The third kappa shape index (κ3) is 2.53. The molecule has 1 aromatic carbocycles. The van der Waals surface area contributed by atoms with Crippen LogP contribution in [0.1, 0.15) is 25.3 Å². The molecule has 14 heavy (non-hydrogen) atoms. The van der Waals surface area contributed by atoms with Crippen LogP contribution >= 0.6 is 0 Å². The lowest BCUT2D eigenvalue weighted by atomic mass is 10.0. The summed E-state index contributed by atoms with van der Waals surface area (Å²) in [6, 6.07) is 7.10. The van der Waals surface area contributed by atoms with Crippen molar-refractivity contribution in [2.24, 2.45) is 0 Å². The van der Waals surface area contributed by atoms with E-state index in [0.29, 0.717) is 4.90 Å². The van der Waals surface area contributed by atoms with Gasteiger partial charge in [-0.25, -0.2) is 4.21 Å². The Hall–Kier alpha value is -0.930. The minimum absolute atomic E-state index is 0.450. The van der Waals surface area contributed by atoms with Crippen LogP contribution in [0.5, 0.6) is 0 Å². The molecule has 0 radical (unpaired) electrons. The van der Waals surface area contributed by atoms with Crippen LogP contribution in [0.2, 0.25) is 0 Å². The second kappa shape index (κ2) is 5.08. The molecule has 1 N–H and O–H groups in total. The van der Waals surface area contributed by atoms with Crippen molar-refractivity contribution in [3.05, 3.63) is 36.4 Å². The van der Waals surface area contributed by atoms with E-state index in [0.717, 1.165) is 24.0 Å². The number of allylic oxidation sites excluding steroid dienone is 1. The minimum atomic E-state index is -1.93. The highest BCUT2D eigenvalue weighted by atomic mass is 32.2. The van der Waals surface area contributed by atoms with Gasteiger partial charge in [0.15, 0.2) is 11.1 Å². The molecule has 0 aliphatic carbocycles. The SMILES string of the molecule is C=C(CCC)c1ccccc1S(=O)O.